The minimum atomic E-state index is 0.400. The minimum absolute atomic E-state index is 0.400. The maximum absolute atomic E-state index is 7.44. The van der Waals surface area contributed by atoms with Crippen LogP contribution in [0.3, 0.4) is 0 Å². The van der Waals surface area contributed by atoms with Crippen LogP contribution in [-0.2, 0) is 0 Å². The molecule has 0 spiro atoms. The second-order valence-electron chi connectivity index (χ2n) is 2.69. The number of hydrogen-bond acceptors (Lipinski definition) is 2. The van der Waals surface area contributed by atoms with Crippen LogP contribution in [0.15, 0.2) is 0 Å². The Morgan fingerprint density at radius 2 is 1.67 bits per heavy atom. The highest BCUT2D eigenvalue weighted by atomic mass is 32.2. The van der Waals surface area contributed by atoms with Gasteiger partial charge >= 0.3 is 0 Å². The van der Waals surface area contributed by atoms with E-state index in [9.17, 15) is 0 Å². The topological polar surface area (TPSA) is 23.9 Å². The van der Waals surface area contributed by atoms with Crippen LogP contribution < -0.4 is 0 Å². The Bertz CT molecular complexity index is 97.1. The Morgan fingerprint density at radius 1 is 1.22 bits per heavy atom. The molecule has 0 aromatic carbocycles. The van der Waals surface area contributed by atoms with Crippen molar-refractivity contribution in [2.75, 3.05) is 0 Å². The normalized spacial score (nSPS) is 10.9. The molecule has 0 aromatic rings. The van der Waals surface area contributed by atoms with Gasteiger partial charge in [0.2, 0.25) is 0 Å². The van der Waals surface area contributed by atoms with Crippen molar-refractivity contribution in [1.29, 1.82) is 5.41 Å². The summed E-state index contributed by atoms with van der Waals surface area (Å²) in [5, 5.41) is 8.79. The Hall–Kier alpha value is 0.0200. The first-order valence-corrected chi connectivity index (χ1v) is 4.17. The zero-order chi connectivity index (χ0) is 7.44. The summed E-state index contributed by atoms with van der Waals surface area (Å²) >= 11 is 1.65. The summed E-state index contributed by atoms with van der Waals surface area (Å²) in [6, 6.07) is 0. The van der Waals surface area contributed by atoms with Crippen molar-refractivity contribution in [1.82, 2.24) is 0 Å². The molecule has 1 nitrogen and oxygen atoms in total. The zero-order valence-corrected chi connectivity index (χ0v) is 7.38. The quantitative estimate of drug-likeness (QED) is 0.469. The predicted molar refractivity (Wildman–Crippen MR) is 45.3 cm³/mol. The van der Waals surface area contributed by atoms with E-state index in [-0.39, 0.29) is 0 Å². The molecule has 0 rings (SSSR count). The maximum atomic E-state index is 7.44. The van der Waals surface area contributed by atoms with Crippen molar-refractivity contribution in [2.24, 2.45) is 5.92 Å². The van der Waals surface area contributed by atoms with Gasteiger partial charge in [-0.05, 0) is 0 Å². The van der Waals surface area contributed by atoms with Crippen LogP contribution in [0, 0.1) is 11.3 Å². The van der Waals surface area contributed by atoms with Gasteiger partial charge in [-0.3, -0.25) is 5.41 Å². The van der Waals surface area contributed by atoms with Gasteiger partial charge in [0.05, 0.1) is 5.04 Å². The molecule has 0 aliphatic carbocycles. The van der Waals surface area contributed by atoms with E-state index in [1.165, 1.54) is 0 Å². The van der Waals surface area contributed by atoms with Crippen LogP contribution in [-0.4, -0.2) is 10.3 Å². The number of rotatable bonds is 2. The predicted octanol–water partition coefficient (Wildman–Crippen LogP) is 2.76. The zero-order valence-electron chi connectivity index (χ0n) is 6.56. The molecule has 0 fully saturated rings. The Kier molecular flexibility index (Phi) is 3.95. The molecule has 0 bridgehead atoms. The van der Waals surface area contributed by atoms with Crippen molar-refractivity contribution >= 4 is 16.8 Å². The molecule has 0 aromatic heterocycles. The lowest BCUT2D eigenvalue weighted by molar-refractivity contribution is 0.893. The monoisotopic (exact) mass is 145 g/mol. The second-order valence-corrected chi connectivity index (χ2v) is 4.30. The third-order valence-corrected chi connectivity index (χ3v) is 2.08. The highest BCUT2D eigenvalue weighted by molar-refractivity contribution is 8.14. The third-order valence-electron chi connectivity index (χ3n) is 0.887. The molecule has 0 atom stereocenters. The van der Waals surface area contributed by atoms with Gasteiger partial charge in [0.25, 0.3) is 0 Å². The van der Waals surface area contributed by atoms with Crippen molar-refractivity contribution in [2.45, 2.75) is 32.9 Å². The Balaban J connectivity index is 3.51. The first-order chi connectivity index (χ1) is 4.04. The van der Waals surface area contributed by atoms with E-state index in [4.69, 9.17) is 5.41 Å². The van der Waals surface area contributed by atoms with Crippen LogP contribution in [0.5, 0.6) is 0 Å². The second kappa shape index (κ2) is 3.94. The summed E-state index contributed by atoms with van der Waals surface area (Å²) in [5.41, 5.74) is 0. The van der Waals surface area contributed by atoms with Gasteiger partial charge in [0.15, 0.2) is 0 Å². The van der Waals surface area contributed by atoms with Gasteiger partial charge in [-0.25, -0.2) is 0 Å². The minimum Gasteiger partial charge on any atom is -0.298 e. The Labute approximate surface area is 61.7 Å². The van der Waals surface area contributed by atoms with Crippen LogP contribution in [0.25, 0.3) is 0 Å². The number of hydrogen-bond donors (Lipinski definition) is 1. The van der Waals surface area contributed by atoms with Crippen LogP contribution in [0.2, 0.25) is 0 Å². The maximum Gasteiger partial charge on any atom is 0.0669 e. The van der Waals surface area contributed by atoms with E-state index in [0.717, 1.165) is 5.04 Å². The molecule has 0 aliphatic heterocycles. The first kappa shape index (κ1) is 9.02. The SMILES string of the molecule is CC(C)SC(=N)C(C)C. The van der Waals surface area contributed by atoms with E-state index in [2.05, 4.69) is 27.7 Å². The molecule has 9 heavy (non-hydrogen) atoms. The molecule has 1 N–H and O–H groups in total. The molecule has 2 heteroatoms. The van der Waals surface area contributed by atoms with Crippen molar-refractivity contribution in [3.8, 4) is 0 Å². The van der Waals surface area contributed by atoms with E-state index < -0.39 is 0 Å². The summed E-state index contributed by atoms with van der Waals surface area (Å²) in [6.07, 6.45) is 0. The highest BCUT2D eigenvalue weighted by Gasteiger charge is 2.04. The molecule has 0 aliphatic rings. The van der Waals surface area contributed by atoms with Gasteiger partial charge in [-0.15, -0.1) is 11.8 Å². The van der Waals surface area contributed by atoms with Gasteiger partial charge in [0.1, 0.15) is 0 Å². The highest BCUT2D eigenvalue weighted by Crippen LogP contribution is 2.15. The molecule has 0 saturated carbocycles. The van der Waals surface area contributed by atoms with Crippen molar-refractivity contribution in [3.05, 3.63) is 0 Å². The molecule has 0 unspecified atom stereocenters. The fraction of sp³-hybridized carbons (Fsp3) is 0.857. The average Bonchev–Trinajstić information content (AvgIpc) is 1.63. The summed E-state index contributed by atoms with van der Waals surface area (Å²) in [7, 11) is 0. The Morgan fingerprint density at radius 3 is 1.78 bits per heavy atom. The van der Waals surface area contributed by atoms with Gasteiger partial charge in [-0.1, -0.05) is 27.7 Å². The van der Waals surface area contributed by atoms with Gasteiger partial charge in [0, 0.05) is 11.2 Å². The fourth-order valence-corrected chi connectivity index (χ4v) is 1.17. The van der Waals surface area contributed by atoms with Crippen molar-refractivity contribution < 1.29 is 0 Å². The van der Waals surface area contributed by atoms with Crippen molar-refractivity contribution in [3.63, 3.8) is 0 Å². The lowest BCUT2D eigenvalue weighted by Gasteiger charge is -2.08. The standard InChI is InChI=1S/C7H15NS/c1-5(2)7(8)9-6(3)4/h5-6,8H,1-4H3. The van der Waals surface area contributed by atoms with E-state index in [1.807, 2.05) is 0 Å². The van der Waals surface area contributed by atoms with E-state index in [0.29, 0.717) is 11.2 Å². The smallest absolute Gasteiger partial charge is 0.0669 e. The van der Waals surface area contributed by atoms with Gasteiger partial charge in [-0.2, -0.15) is 0 Å². The molecule has 54 valence electrons. The van der Waals surface area contributed by atoms with E-state index in [1.54, 1.807) is 11.8 Å². The summed E-state index contributed by atoms with van der Waals surface area (Å²) in [4.78, 5) is 0. The first-order valence-electron chi connectivity index (χ1n) is 3.29. The molecular formula is C7H15NS. The van der Waals surface area contributed by atoms with Crippen LogP contribution in [0.4, 0.5) is 0 Å². The summed E-state index contributed by atoms with van der Waals surface area (Å²) in [6.45, 7) is 8.33. The van der Waals surface area contributed by atoms with Crippen LogP contribution in [0.1, 0.15) is 27.7 Å². The average molecular weight is 145 g/mol. The molecule has 0 amide bonds. The largest absolute Gasteiger partial charge is 0.298 e. The molecule has 0 heterocycles. The molecule has 0 radical (unpaired) electrons. The summed E-state index contributed by atoms with van der Waals surface area (Å²) in [5.74, 6) is 0.400. The lowest BCUT2D eigenvalue weighted by Crippen LogP contribution is -2.04. The van der Waals surface area contributed by atoms with E-state index >= 15 is 0 Å². The lowest BCUT2D eigenvalue weighted by atomic mass is 10.2. The van der Waals surface area contributed by atoms with Gasteiger partial charge < -0.3 is 0 Å². The summed E-state index contributed by atoms with van der Waals surface area (Å²) < 4.78 is 0. The third kappa shape index (κ3) is 4.52. The number of thioether (sulfide) groups is 1. The van der Waals surface area contributed by atoms with Crippen LogP contribution >= 0.6 is 11.8 Å². The fourth-order valence-electron chi connectivity index (χ4n) is 0.390. The number of nitrogens with one attached hydrogen (secondary N) is 1. The molecular weight excluding hydrogens is 130 g/mol. The molecule has 0 saturated heterocycles.